The van der Waals surface area contributed by atoms with E-state index in [-0.39, 0.29) is 65.2 Å². The smallest absolute Gasteiger partial charge is 0.337 e. The Morgan fingerprint density at radius 3 is 1.66 bits per heavy atom. The summed E-state index contributed by atoms with van der Waals surface area (Å²) in [6.07, 6.45) is 6.48. The number of carbonyl (C=O) groups is 4. The first kappa shape index (κ1) is 46.4. The third kappa shape index (κ3) is 10.7. The molecule has 2 unspecified atom stereocenters. The van der Waals surface area contributed by atoms with E-state index in [1.807, 2.05) is 54.4 Å². The van der Waals surface area contributed by atoms with Crippen LogP contribution in [-0.4, -0.2) is 106 Å². The predicted octanol–water partition coefficient (Wildman–Crippen LogP) is 5.99. The molecule has 0 aliphatic carbocycles. The molecule has 4 atom stereocenters. The second kappa shape index (κ2) is 19.7. The lowest BCUT2D eigenvalue weighted by molar-refractivity contribution is -0.130. The number of nitrogens with one attached hydrogen (secondary N) is 3. The minimum absolute atomic E-state index is 0. The number of hydrogen-bond donors (Lipinski definition) is 4. The normalized spacial score (nSPS) is 21.9. The average molecular weight is 848 g/mol. The molecule has 2 aromatic carbocycles. The van der Waals surface area contributed by atoms with Gasteiger partial charge in [-0.3, -0.25) is 14.4 Å². The van der Waals surface area contributed by atoms with Gasteiger partial charge in [-0.25, -0.2) is 14.8 Å². The van der Waals surface area contributed by atoms with E-state index >= 15 is 0 Å². The van der Waals surface area contributed by atoms with Gasteiger partial charge in [0.1, 0.15) is 11.6 Å². The first-order valence-electron chi connectivity index (χ1n) is 19.5. The number of likely N-dealkylation sites (N-methyl/N-ethyl adjacent to an activating group) is 2. The molecule has 6 heterocycles. The van der Waals surface area contributed by atoms with Crippen LogP contribution in [0.5, 0.6) is 0 Å². The Morgan fingerprint density at radius 2 is 1.20 bits per heavy atom. The minimum atomic E-state index is -0.941. The SMILES string of the molecule is CC(=O)N(C)[C@H]1CCN(C(=O)c2cnc3c(c2)CC(C)(c2ccccc2)N3)C1.CC(=O)N(C)[C@H]1CCNC1.CC1(c2ccccc2)Cc2cc(C(=O)O)cnc2N1.Cl.Cl. The van der Waals surface area contributed by atoms with Gasteiger partial charge in [0.25, 0.3) is 5.91 Å². The number of amides is 3. The Hall–Kier alpha value is -5.24. The van der Waals surface area contributed by atoms with E-state index in [2.05, 4.69) is 64.0 Å². The van der Waals surface area contributed by atoms with Crippen LogP contribution in [-0.2, 0) is 33.5 Å². The fraction of sp³-hybridized carbons (Fsp3) is 0.409. The number of carboxylic acid groups (broad SMARTS) is 1. The van der Waals surface area contributed by atoms with E-state index < -0.39 is 5.97 Å². The Labute approximate surface area is 359 Å². The monoisotopic (exact) mass is 846 g/mol. The molecule has 4 aromatic rings. The summed E-state index contributed by atoms with van der Waals surface area (Å²) in [6.45, 7) is 10.7. The van der Waals surface area contributed by atoms with Crippen molar-refractivity contribution in [3.8, 4) is 0 Å². The lowest BCUT2D eigenvalue weighted by Crippen LogP contribution is -2.38. The molecule has 0 saturated carbocycles. The van der Waals surface area contributed by atoms with E-state index in [0.29, 0.717) is 24.7 Å². The number of halogens is 2. The largest absolute Gasteiger partial charge is 0.478 e. The summed E-state index contributed by atoms with van der Waals surface area (Å²) in [5.41, 5.74) is 4.79. The highest BCUT2D eigenvalue weighted by molar-refractivity contribution is 5.95. The van der Waals surface area contributed by atoms with Crippen LogP contribution >= 0.6 is 24.8 Å². The van der Waals surface area contributed by atoms with E-state index in [9.17, 15) is 19.2 Å². The number of likely N-dealkylation sites (tertiary alicyclic amines) is 1. The van der Waals surface area contributed by atoms with Crippen LogP contribution in [0.2, 0.25) is 0 Å². The van der Waals surface area contributed by atoms with Gasteiger partial charge in [0.2, 0.25) is 11.8 Å². The summed E-state index contributed by atoms with van der Waals surface area (Å²) in [4.78, 5) is 60.5. The van der Waals surface area contributed by atoms with Crippen LogP contribution in [0.15, 0.2) is 85.2 Å². The summed E-state index contributed by atoms with van der Waals surface area (Å²) in [6, 6.07) is 24.6. The molecule has 0 spiro atoms. The van der Waals surface area contributed by atoms with E-state index in [4.69, 9.17) is 5.11 Å². The molecule has 13 nitrogen and oxygen atoms in total. The number of hydrogen-bond acceptors (Lipinski definition) is 9. The predicted molar refractivity (Wildman–Crippen MR) is 235 cm³/mol. The Bertz CT molecular complexity index is 2110. The number of anilines is 2. The average Bonchev–Trinajstić information content (AvgIpc) is 4.04. The van der Waals surface area contributed by atoms with Crippen molar-refractivity contribution in [3.63, 3.8) is 0 Å². The summed E-state index contributed by atoms with van der Waals surface area (Å²) in [5, 5.41) is 19.1. The minimum Gasteiger partial charge on any atom is -0.478 e. The van der Waals surface area contributed by atoms with Crippen LogP contribution < -0.4 is 16.0 Å². The van der Waals surface area contributed by atoms with Gasteiger partial charge in [-0.15, -0.1) is 24.8 Å². The number of benzene rings is 2. The molecule has 8 rings (SSSR count). The second-order valence-corrected chi connectivity index (χ2v) is 15.9. The molecule has 2 aromatic heterocycles. The topological polar surface area (TPSA) is 160 Å². The van der Waals surface area contributed by atoms with Gasteiger partial charge in [-0.1, -0.05) is 60.7 Å². The molecular formula is C44H56Cl2N8O5. The van der Waals surface area contributed by atoms with Crippen LogP contribution in [0.4, 0.5) is 11.6 Å². The van der Waals surface area contributed by atoms with Crippen molar-refractivity contribution in [2.45, 2.75) is 76.5 Å². The zero-order valence-electron chi connectivity index (χ0n) is 34.5. The van der Waals surface area contributed by atoms with Gasteiger partial charge < -0.3 is 35.8 Å². The maximum absolute atomic E-state index is 13.0. The van der Waals surface area contributed by atoms with Crippen molar-refractivity contribution in [2.75, 3.05) is 50.9 Å². The maximum atomic E-state index is 13.0. The van der Waals surface area contributed by atoms with Crippen LogP contribution in [0.25, 0.3) is 0 Å². The highest BCUT2D eigenvalue weighted by Gasteiger charge is 2.37. The lowest BCUT2D eigenvalue weighted by Gasteiger charge is -2.25. The van der Waals surface area contributed by atoms with Gasteiger partial charge in [0, 0.05) is 78.9 Å². The molecule has 2 fully saturated rings. The zero-order valence-corrected chi connectivity index (χ0v) is 36.2. The van der Waals surface area contributed by atoms with Gasteiger partial charge in [0.15, 0.2) is 0 Å². The molecule has 0 radical (unpaired) electrons. The van der Waals surface area contributed by atoms with Gasteiger partial charge in [-0.05, 0) is 67.6 Å². The highest BCUT2D eigenvalue weighted by Crippen LogP contribution is 2.39. The first-order valence-corrected chi connectivity index (χ1v) is 19.5. The summed E-state index contributed by atoms with van der Waals surface area (Å²) >= 11 is 0. The lowest BCUT2D eigenvalue weighted by atomic mass is 9.89. The van der Waals surface area contributed by atoms with Crippen molar-refractivity contribution in [1.82, 2.24) is 30.0 Å². The number of fused-ring (bicyclic) bond motifs is 2. The number of rotatable bonds is 6. The van der Waals surface area contributed by atoms with Crippen molar-refractivity contribution in [1.29, 1.82) is 0 Å². The fourth-order valence-corrected chi connectivity index (χ4v) is 7.99. The molecule has 316 valence electrons. The Morgan fingerprint density at radius 1 is 0.729 bits per heavy atom. The number of carboxylic acids is 1. The van der Waals surface area contributed by atoms with Crippen molar-refractivity contribution in [3.05, 3.63) is 119 Å². The summed E-state index contributed by atoms with van der Waals surface area (Å²) in [7, 11) is 3.66. The molecule has 2 saturated heterocycles. The standard InChI is InChI=1S/C22H26N4O2.C15H14N2O2.C7H14N2O.2ClH/c1-15(27)25(3)19-9-10-26(14-19)21(28)17-11-16-12-22(2,24-20(16)23-13-17)18-7-5-4-6-8-18;1-15(12-5-3-2-4-6-12)8-10-7-11(14(18)19)9-16-13(10)17-15;1-6(10)9(2)7-3-4-8-5-7;;/h4-8,11,13,19H,9-10,12,14H2,1-3H3,(H,23,24);2-7,9H,8H2,1H3,(H,16,17)(H,18,19);7-8H,3-5H2,1-2H3;2*1H/t19-,22?;;7-;;/m0.0../s1. The fourth-order valence-electron chi connectivity index (χ4n) is 7.99. The third-order valence-electron chi connectivity index (χ3n) is 11.7. The first-order chi connectivity index (χ1) is 27.2. The number of aromatic carboxylic acids is 1. The highest BCUT2D eigenvalue weighted by atomic mass is 35.5. The molecule has 15 heteroatoms. The molecule has 0 bridgehead atoms. The number of carbonyl (C=O) groups excluding carboxylic acids is 3. The second-order valence-electron chi connectivity index (χ2n) is 15.9. The molecule has 4 aliphatic rings. The van der Waals surface area contributed by atoms with Crippen molar-refractivity contribution in [2.24, 2.45) is 0 Å². The van der Waals surface area contributed by atoms with Crippen LogP contribution in [0.1, 0.15) is 83.5 Å². The van der Waals surface area contributed by atoms with E-state index in [1.165, 1.54) is 17.3 Å². The third-order valence-corrected chi connectivity index (χ3v) is 11.7. The Kier molecular flexibility index (Phi) is 15.5. The van der Waals surface area contributed by atoms with Crippen LogP contribution in [0.3, 0.4) is 0 Å². The van der Waals surface area contributed by atoms with Crippen molar-refractivity contribution >= 4 is 60.1 Å². The zero-order chi connectivity index (χ0) is 40.9. The maximum Gasteiger partial charge on any atom is 0.337 e. The molecular weight excluding hydrogens is 791 g/mol. The van der Waals surface area contributed by atoms with Gasteiger partial charge in [-0.2, -0.15) is 0 Å². The number of aromatic nitrogens is 2. The molecule has 4 N–H and O–H groups in total. The van der Waals surface area contributed by atoms with E-state index in [0.717, 1.165) is 61.5 Å². The van der Waals surface area contributed by atoms with Gasteiger partial charge >= 0.3 is 5.97 Å². The van der Waals surface area contributed by atoms with Crippen LogP contribution in [0, 0.1) is 0 Å². The summed E-state index contributed by atoms with van der Waals surface area (Å²) < 4.78 is 0. The summed E-state index contributed by atoms with van der Waals surface area (Å²) in [5.74, 6) is 0.861. The van der Waals surface area contributed by atoms with Crippen molar-refractivity contribution < 1.29 is 24.3 Å². The quantitative estimate of drug-likeness (QED) is 0.182. The number of pyridine rings is 2. The molecule has 4 aliphatic heterocycles. The number of nitrogens with zero attached hydrogens (tertiary/aromatic N) is 5. The Balaban J connectivity index is 0.000000214. The van der Waals surface area contributed by atoms with Gasteiger partial charge in [0.05, 0.1) is 28.2 Å². The van der Waals surface area contributed by atoms with E-state index in [1.54, 1.807) is 43.0 Å². The molecule has 59 heavy (non-hydrogen) atoms. The molecule has 3 amide bonds.